The molecule has 15 heteroatoms. The summed E-state index contributed by atoms with van der Waals surface area (Å²) in [7, 11) is -2.53. The van der Waals surface area contributed by atoms with Crippen molar-refractivity contribution in [2.45, 2.75) is 36.9 Å². The minimum Gasteiger partial charge on any atom is -0.397 e. The lowest BCUT2D eigenvalue weighted by atomic mass is 10.0. The first-order valence-electron chi connectivity index (χ1n) is 13.3. The second-order valence-corrected chi connectivity index (χ2v) is 12.2. The van der Waals surface area contributed by atoms with Crippen LogP contribution in [0.15, 0.2) is 48.7 Å². The Morgan fingerprint density at radius 2 is 1.91 bits per heavy atom. The van der Waals surface area contributed by atoms with Crippen LogP contribution in [0.5, 0.6) is 0 Å². The average molecular weight is 635 g/mol. The number of benzene rings is 1. The molecule has 1 unspecified atom stereocenters. The second-order valence-electron chi connectivity index (χ2n) is 10.3. The quantitative estimate of drug-likeness (QED) is 0.174. The van der Waals surface area contributed by atoms with Crippen LogP contribution in [0.2, 0.25) is 0 Å². The van der Waals surface area contributed by atoms with E-state index in [0.717, 1.165) is 28.5 Å². The number of rotatable bonds is 9. The Morgan fingerprint density at radius 1 is 1.16 bits per heavy atom. The van der Waals surface area contributed by atoms with Crippen molar-refractivity contribution in [2.24, 2.45) is 5.73 Å². The van der Waals surface area contributed by atoms with E-state index in [2.05, 4.69) is 15.3 Å². The van der Waals surface area contributed by atoms with Gasteiger partial charge in [0.2, 0.25) is 0 Å². The summed E-state index contributed by atoms with van der Waals surface area (Å²) in [6.07, 6.45) is -2.76. The van der Waals surface area contributed by atoms with Crippen LogP contribution >= 0.6 is 11.3 Å². The number of hydrogen-bond acceptors (Lipinski definition) is 10. The number of thiol groups is 1. The molecule has 6 N–H and O–H groups in total. The van der Waals surface area contributed by atoms with E-state index in [9.17, 15) is 31.5 Å². The number of carbonyl (C=O) groups excluding carboxylic acids is 1. The molecule has 4 heterocycles. The monoisotopic (exact) mass is 634 g/mol. The Labute approximate surface area is 250 Å². The van der Waals surface area contributed by atoms with E-state index in [1.807, 2.05) is 12.1 Å². The molecule has 0 spiro atoms. The van der Waals surface area contributed by atoms with Crippen LogP contribution in [0.3, 0.4) is 0 Å². The minimum absolute atomic E-state index is 0.00468. The number of aliphatic hydroxyl groups is 1. The Kier molecular flexibility index (Phi) is 8.87. The number of pyridine rings is 2. The average Bonchev–Trinajstić information content (AvgIpc) is 3.31. The van der Waals surface area contributed by atoms with E-state index in [-0.39, 0.29) is 44.9 Å². The van der Waals surface area contributed by atoms with E-state index in [4.69, 9.17) is 11.5 Å². The van der Waals surface area contributed by atoms with Gasteiger partial charge in [-0.2, -0.15) is 13.2 Å². The number of piperidine rings is 1. The zero-order valence-corrected chi connectivity index (χ0v) is 24.4. The molecule has 1 aromatic carbocycles. The van der Waals surface area contributed by atoms with Crippen molar-refractivity contribution in [1.82, 2.24) is 15.3 Å². The number of aromatic nitrogens is 2. The van der Waals surface area contributed by atoms with Crippen molar-refractivity contribution in [2.75, 3.05) is 30.3 Å². The number of nitrogens with one attached hydrogen (secondary N) is 1. The summed E-state index contributed by atoms with van der Waals surface area (Å²) in [5.41, 5.74) is 12.6. The summed E-state index contributed by atoms with van der Waals surface area (Å²) in [4.78, 5) is 22.0. The fourth-order valence-electron chi connectivity index (χ4n) is 5.14. The van der Waals surface area contributed by atoms with E-state index < -0.39 is 34.5 Å². The fourth-order valence-corrected chi connectivity index (χ4v) is 6.61. The maximum Gasteiger partial charge on any atom is 0.417 e. The van der Waals surface area contributed by atoms with Crippen molar-refractivity contribution >= 4 is 49.7 Å². The number of alkyl halides is 3. The predicted molar refractivity (Wildman–Crippen MR) is 159 cm³/mol. The molecule has 0 bridgehead atoms. The molecule has 3 aromatic heterocycles. The van der Waals surface area contributed by atoms with Gasteiger partial charge in [-0.15, -0.1) is 11.3 Å². The predicted octanol–water partition coefficient (Wildman–Crippen LogP) is 3.46. The zero-order valence-electron chi connectivity index (χ0n) is 22.7. The van der Waals surface area contributed by atoms with Gasteiger partial charge in [-0.3, -0.25) is 9.78 Å². The van der Waals surface area contributed by atoms with E-state index in [1.54, 1.807) is 35.4 Å². The molecule has 228 valence electrons. The second kappa shape index (κ2) is 12.4. The first-order valence-corrected chi connectivity index (χ1v) is 15.5. The largest absolute Gasteiger partial charge is 0.417 e. The third-order valence-electron chi connectivity index (χ3n) is 7.33. The first-order chi connectivity index (χ1) is 20.4. The Bertz CT molecular complexity index is 1710. The van der Waals surface area contributed by atoms with Crippen molar-refractivity contribution in [3.63, 3.8) is 0 Å². The number of anilines is 2. The lowest BCUT2D eigenvalue weighted by Gasteiger charge is -2.34. The van der Waals surface area contributed by atoms with E-state index in [0.29, 0.717) is 37.2 Å². The molecule has 1 fully saturated rings. The van der Waals surface area contributed by atoms with E-state index in [1.165, 1.54) is 0 Å². The molecule has 0 aliphatic carbocycles. The lowest BCUT2D eigenvalue weighted by Crippen LogP contribution is -2.44. The summed E-state index contributed by atoms with van der Waals surface area (Å²) in [6, 6.07) is 11.7. The molecule has 43 heavy (non-hydrogen) atoms. The highest BCUT2D eigenvalue weighted by Gasteiger charge is 2.37. The molecule has 4 aromatic rings. The van der Waals surface area contributed by atoms with Crippen molar-refractivity contribution < 1.29 is 31.5 Å². The van der Waals surface area contributed by atoms with Crippen LogP contribution in [-0.2, 0) is 22.6 Å². The molecule has 5 rings (SSSR count). The first kappa shape index (κ1) is 30.7. The minimum atomic E-state index is -4.70. The Morgan fingerprint density at radius 3 is 2.53 bits per heavy atom. The van der Waals surface area contributed by atoms with Gasteiger partial charge in [0.1, 0.15) is 32.3 Å². The summed E-state index contributed by atoms with van der Waals surface area (Å²) < 4.78 is 63.9. The normalized spacial score (nSPS) is 15.3. The highest BCUT2D eigenvalue weighted by atomic mass is 32.2. The van der Waals surface area contributed by atoms with Gasteiger partial charge in [0.15, 0.2) is 0 Å². The molecule has 1 amide bonds. The molecular weight excluding hydrogens is 605 g/mol. The van der Waals surface area contributed by atoms with Crippen molar-refractivity contribution in [3.05, 3.63) is 70.4 Å². The molecular formula is C28H29F3N6O4S2. The van der Waals surface area contributed by atoms with Gasteiger partial charge in [-0.1, -0.05) is 30.3 Å². The lowest BCUT2D eigenvalue weighted by molar-refractivity contribution is -0.136. The number of nitrogens with zero attached hydrogens (tertiary/aromatic N) is 3. The highest BCUT2D eigenvalue weighted by molar-refractivity contribution is 7.71. The van der Waals surface area contributed by atoms with Crippen LogP contribution in [0.4, 0.5) is 24.7 Å². The summed E-state index contributed by atoms with van der Waals surface area (Å²) >= 11 is 0.747. The number of thiophene rings is 1. The summed E-state index contributed by atoms with van der Waals surface area (Å²) in [6.45, 7) is 1.09. The van der Waals surface area contributed by atoms with Crippen LogP contribution in [-0.4, -0.2) is 55.1 Å². The van der Waals surface area contributed by atoms with Crippen LogP contribution in [0.25, 0.3) is 21.3 Å². The van der Waals surface area contributed by atoms with Crippen molar-refractivity contribution in [3.8, 4) is 11.1 Å². The number of nitrogens with two attached hydrogens (primary N) is 2. The zero-order chi connectivity index (χ0) is 30.9. The van der Waals surface area contributed by atoms with Crippen molar-refractivity contribution in [1.29, 1.82) is 0 Å². The SMILES string of the molecule is NC(=O)c1sc2nc(N3CCC(NCC(O)c4ccc(-c5cccc(C[SH](=O)=O)c5)cn4)CC3)cc(C(F)(F)F)c2c1N. The van der Waals surface area contributed by atoms with Gasteiger partial charge in [0, 0.05) is 42.8 Å². The number of halogens is 3. The summed E-state index contributed by atoms with van der Waals surface area (Å²) in [5, 5.41) is 13.7. The maximum atomic E-state index is 13.9. The Balaban J connectivity index is 1.20. The van der Waals surface area contributed by atoms with Crippen LogP contribution < -0.4 is 21.7 Å². The number of carbonyl (C=O) groups is 1. The molecule has 0 saturated carbocycles. The standard InChI is InChI=1S/C28H29F3N6O4S2/c29-28(30,31)19-11-22(36-27-23(19)24(32)25(42-27)26(33)39)37-8-6-18(7-9-37)34-13-21(38)20-5-4-17(12-35-20)16-3-1-2-15(10-16)14-43(40)41/h1-5,10-12,18,21,34,38,43H,6-9,13-14,32H2,(H2,33,39). The maximum absolute atomic E-state index is 13.9. The Hall–Kier alpha value is -3.79. The number of amides is 1. The topological polar surface area (TPSA) is 165 Å². The smallest absolute Gasteiger partial charge is 0.397 e. The third-order valence-corrected chi connectivity index (χ3v) is 9.07. The van der Waals surface area contributed by atoms with Gasteiger partial charge in [0.05, 0.1) is 22.7 Å². The number of nitrogen functional groups attached to an aromatic ring is 1. The summed E-state index contributed by atoms with van der Waals surface area (Å²) in [5.74, 6) is -0.801. The number of fused-ring (bicyclic) bond motifs is 1. The van der Waals surface area contributed by atoms with Gasteiger partial charge < -0.3 is 26.8 Å². The number of aliphatic hydroxyl groups excluding tert-OH is 1. The van der Waals surface area contributed by atoms with Gasteiger partial charge in [-0.05, 0) is 36.1 Å². The molecule has 1 atom stereocenters. The number of hydrogen-bond donors (Lipinski definition) is 5. The van der Waals surface area contributed by atoms with E-state index >= 15 is 0 Å². The highest BCUT2D eigenvalue weighted by Crippen LogP contribution is 2.43. The molecule has 1 aliphatic rings. The molecule has 0 radical (unpaired) electrons. The fraction of sp³-hybridized carbons (Fsp3) is 0.321. The molecule has 1 saturated heterocycles. The van der Waals surface area contributed by atoms with Crippen LogP contribution in [0, 0.1) is 0 Å². The third kappa shape index (κ3) is 6.90. The molecule has 1 aliphatic heterocycles. The van der Waals surface area contributed by atoms with Crippen LogP contribution in [0.1, 0.15) is 45.4 Å². The molecule has 10 nitrogen and oxygen atoms in total. The van der Waals surface area contributed by atoms with Gasteiger partial charge in [0.25, 0.3) is 5.91 Å². The van der Waals surface area contributed by atoms with Gasteiger partial charge in [-0.25, -0.2) is 13.4 Å². The van der Waals surface area contributed by atoms with Gasteiger partial charge >= 0.3 is 6.18 Å². The number of primary amides is 1.